The van der Waals surface area contributed by atoms with Crippen LogP contribution in [0.25, 0.3) is 0 Å². The molecule has 96 valence electrons. The molecule has 1 N–H and O–H groups in total. The maximum absolute atomic E-state index is 5.18. The summed E-state index contributed by atoms with van der Waals surface area (Å²) in [5.74, 6) is 1.44. The summed E-state index contributed by atoms with van der Waals surface area (Å²) in [6.45, 7) is 4.81. The smallest absolute Gasteiger partial charge is 0.240 e. The second kappa shape index (κ2) is 6.31. The third-order valence-corrected chi connectivity index (χ3v) is 2.65. The lowest BCUT2D eigenvalue weighted by Gasteiger charge is -2.02. The van der Waals surface area contributed by atoms with Crippen LogP contribution in [0.4, 0.5) is 0 Å². The van der Waals surface area contributed by atoms with E-state index in [1.165, 1.54) is 5.56 Å². The van der Waals surface area contributed by atoms with E-state index >= 15 is 0 Å². The van der Waals surface area contributed by atoms with Crippen molar-refractivity contribution in [3.05, 3.63) is 47.6 Å². The average molecular weight is 245 g/mol. The number of nitrogens with zero attached hydrogens (tertiary/aromatic N) is 2. The van der Waals surface area contributed by atoms with Gasteiger partial charge < -0.3 is 9.84 Å². The minimum atomic E-state index is 0.421. The van der Waals surface area contributed by atoms with Gasteiger partial charge >= 0.3 is 0 Å². The van der Waals surface area contributed by atoms with Gasteiger partial charge in [-0.1, -0.05) is 49.3 Å². The van der Waals surface area contributed by atoms with Gasteiger partial charge in [-0.05, 0) is 12.0 Å². The van der Waals surface area contributed by atoms with Gasteiger partial charge in [-0.2, -0.15) is 4.98 Å². The molecule has 0 aliphatic heterocycles. The lowest BCUT2D eigenvalue weighted by molar-refractivity contribution is 0.357. The van der Waals surface area contributed by atoms with E-state index in [2.05, 4.69) is 41.4 Å². The molecule has 0 aliphatic rings. The van der Waals surface area contributed by atoms with Gasteiger partial charge in [0.15, 0.2) is 5.82 Å². The van der Waals surface area contributed by atoms with Gasteiger partial charge in [0.25, 0.3) is 0 Å². The van der Waals surface area contributed by atoms with Gasteiger partial charge in [-0.15, -0.1) is 0 Å². The zero-order valence-electron chi connectivity index (χ0n) is 10.9. The van der Waals surface area contributed by atoms with Crippen molar-refractivity contribution in [2.45, 2.75) is 39.3 Å². The molecule has 0 aliphatic carbocycles. The fourth-order valence-electron chi connectivity index (χ4n) is 1.66. The first-order valence-electron chi connectivity index (χ1n) is 6.33. The van der Waals surface area contributed by atoms with E-state index in [9.17, 15) is 0 Å². The minimum absolute atomic E-state index is 0.421. The molecule has 2 rings (SSSR count). The molecule has 0 radical (unpaired) electrons. The Morgan fingerprint density at radius 2 is 1.94 bits per heavy atom. The standard InChI is InChI=1S/C14H19N3O/c1-11(2)15-10-14-16-13(17-18-14)9-8-12-6-4-3-5-7-12/h3-7,11,15H,8-10H2,1-2H3. The van der Waals surface area contributed by atoms with Crippen LogP contribution in [0.2, 0.25) is 0 Å². The summed E-state index contributed by atoms with van der Waals surface area (Å²) in [7, 11) is 0. The second-order valence-electron chi connectivity index (χ2n) is 4.63. The Morgan fingerprint density at radius 3 is 2.67 bits per heavy atom. The first-order valence-corrected chi connectivity index (χ1v) is 6.33. The highest BCUT2D eigenvalue weighted by molar-refractivity contribution is 5.15. The highest BCUT2D eigenvalue weighted by Gasteiger charge is 2.06. The lowest BCUT2D eigenvalue weighted by atomic mass is 10.1. The van der Waals surface area contributed by atoms with Crippen LogP contribution in [0.15, 0.2) is 34.9 Å². The van der Waals surface area contributed by atoms with Crippen molar-refractivity contribution in [2.24, 2.45) is 0 Å². The number of aryl methyl sites for hydroxylation is 2. The van der Waals surface area contributed by atoms with Crippen molar-refractivity contribution < 1.29 is 4.52 Å². The normalized spacial score (nSPS) is 11.1. The van der Waals surface area contributed by atoms with Crippen LogP contribution >= 0.6 is 0 Å². The molecular formula is C14H19N3O. The maximum atomic E-state index is 5.18. The molecule has 18 heavy (non-hydrogen) atoms. The third-order valence-electron chi connectivity index (χ3n) is 2.65. The molecule has 0 bridgehead atoms. The quantitative estimate of drug-likeness (QED) is 0.848. The van der Waals surface area contributed by atoms with E-state index in [4.69, 9.17) is 4.52 Å². The Balaban J connectivity index is 1.83. The molecule has 0 spiro atoms. The molecule has 1 heterocycles. The SMILES string of the molecule is CC(C)NCc1nc(CCc2ccccc2)no1. The number of hydrogen-bond donors (Lipinski definition) is 1. The summed E-state index contributed by atoms with van der Waals surface area (Å²) in [5.41, 5.74) is 1.30. The molecule has 1 aromatic heterocycles. The van der Waals surface area contributed by atoms with E-state index in [1.54, 1.807) is 0 Å². The van der Waals surface area contributed by atoms with E-state index in [0.29, 0.717) is 18.5 Å². The molecule has 4 nitrogen and oxygen atoms in total. The molecule has 0 unspecified atom stereocenters. The van der Waals surface area contributed by atoms with Gasteiger partial charge in [0.05, 0.1) is 6.54 Å². The van der Waals surface area contributed by atoms with Crippen molar-refractivity contribution in [3.8, 4) is 0 Å². The fourth-order valence-corrected chi connectivity index (χ4v) is 1.66. The van der Waals surface area contributed by atoms with E-state index in [1.807, 2.05) is 18.2 Å². The van der Waals surface area contributed by atoms with Gasteiger partial charge in [0, 0.05) is 12.5 Å². The summed E-state index contributed by atoms with van der Waals surface area (Å²) >= 11 is 0. The van der Waals surface area contributed by atoms with Crippen LogP contribution in [0.3, 0.4) is 0 Å². The topological polar surface area (TPSA) is 51.0 Å². The zero-order chi connectivity index (χ0) is 12.8. The largest absolute Gasteiger partial charge is 0.338 e. The first-order chi connectivity index (χ1) is 8.74. The van der Waals surface area contributed by atoms with E-state index in [-0.39, 0.29) is 0 Å². The lowest BCUT2D eigenvalue weighted by Crippen LogP contribution is -2.21. The molecule has 2 aromatic rings. The van der Waals surface area contributed by atoms with Gasteiger partial charge in [0.1, 0.15) is 0 Å². The predicted molar refractivity (Wildman–Crippen MR) is 70.1 cm³/mol. The summed E-state index contributed by atoms with van der Waals surface area (Å²) < 4.78 is 5.18. The van der Waals surface area contributed by atoms with Crippen LogP contribution in [0.1, 0.15) is 31.1 Å². The maximum Gasteiger partial charge on any atom is 0.240 e. The summed E-state index contributed by atoms with van der Waals surface area (Å²) in [6, 6.07) is 10.8. The summed E-state index contributed by atoms with van der Waals surface area (Å²) in [4.78, 5) is 4.36. The van der Waals surface area contributed by atoms with Crippen molar-refractivity contribution in [1.29, 1.82) is 0 Å². The van der Waals surface area contributed by atoms with Crippen molar-refractivity contribution >= 4 is 0 Å². The van der Waals surface area contributed by atoms with E-state index < -0.39 is 0 Å². The van der Waals surface area contributed by atoms with E-state index in [0.717, 1.165) is 18.7 Å². The number of nitrogens with one attached hydrogen (secondary N) is 1. The first kappa shape index (κ1) is 12.8. The van der Waals surface area contributed by atoms with Gasteiger partial charge in [0.2, 0.25) is 5.89 Å². The molecule has 0 atom stereocenters. The minimum Gasteiger partial charge on any atom is -0.338 e. The molecule has 0 saturated carbocycles. The third kappa shape index (κ3) is 3.96. The van der Waals surface area contributed by atoms with Crippen molar-refractivity contribution in [2.75, 3.05) is 0 Å². The van der Waals surface area contributed by atoms with Crippen LogP contribution in [-0.2, 0) is 19.4 Å². The molecular weight excluding hydrogens is 226 g/mol. The van der Waals surface area contributed by atoms with Gasteiger partial charge in [-0.25, -0.2) is 0 Å². The van der Waals surface area contributed by atoms with Crippen LogP contribution in [-0.4, -0.2) is 16.2 Å². The monoisotopic (exact) mass is 245 g/mol. The average Bonchev–Trinajstić information content (AvgIpc) is 2.83. The number of hydrogen-bond acceptors (Lipinski definition) is 4. The molecule has 4 heteroatoms. The Morgan fingerprint density at radius 1 is 1.17 bits per heavy atom. The van der Waals surface area contributed by atoms with Gasteiger partial charge in [-0.3, -0.25) is 0 Å². The molecule has 1 aromatic carbocycles. The number of benzene rings is 1. The predicted octanol–water partition coefficient (Wildman–Crippen LogP) is 2.35. The van der Waals surface area contributed by atoms with Crippen LogP contribution in [0.5, 0.6) is 0 Å². The Bertz CT molecular complexity index is 465. The van der Waals surface area contributed by atoms with Crippen LogP contribution < -0.4 is 5.32 Å². The molecule has 0 amide bonds. The Hall–Kier alpha value is -1.68. The molecule has 0 fully saturated rings. The number of rotatable bonds is 6. The fraction of sp³-hybridized carbons (Fsp3) is 0.429. The molecule has 0 saturated heterocycles. The summed E-state index contributed by atoms with van der Waals surface area (Å²) in [5, 5.41) is 7.24. The number of aromatic nitrogens is 2. The Kier molecular flexibility index (Phi) is 4.47. The van der Waals surface area contributed by atoms with Crippen molar-refractivity contribution in [3.63, 3.8) is 0 Å². The summed E-state index contributed by atoms with van der Waals surface area (Å²) in [6.07, 6.45) is 1.76. The van der Waals surface area contributed by atoms with Crippen molar-refractivity contribution in [1.82, 2.24) is 15.5 Å². The second-order valence-corrected chi connectivity index (χ2v) is 4.63. The zero-order valence-corrected chi connectivity index (χ0v) is 10.9. The van der Waals surface area contributed by atoms with Crippen LogP contribution in [0, 0.1) is 0 Å². The highest BCUT2D eigenvalue weighted by atomic mass is 16.5. The highest BCUT2D eigenvalue weighted by Crippen LogP contribution is 2.05. The Labute approximate surface area is 107 Å².